The van der Waals surface area contributed by atoms with Crippen LogP contribution in [0.15, 0.2) is 24.3 Å². The number of Topliss-reactive ketones (excluding diaryl/α,β-unsaturated/α-hetero) is 2. The number of hydrogen-bond donors (Lipinski definition) is 0. The van der Waals surface area contributed by atoms with Gasteiger partial charge in [0.2, 0.25) is 0 Å². The lowest BCUT2D eigenvalue weighted by Gasteiger charge is -2.06. The molecule has 0 aromatic heterocycles. The van der Waals surface area contributed by atoms with Crippen LogP contribution < -0.4 is 0 Å². The molecule has 18 heavy (non-hydrogen) atoms. The van der Waals surface area contributed by atoms with Crippen LogP contribution in [0.5, 0.6) is 0 Å². The minimum atomic E-state index is -0.562. The zero-order chi connectivity index (χ0) is 13.7. The van der Waals surface area contributed by atoms with Crippen LogP contribution in [0.4, 0.5) is 5.69 Å². The molecule has 0 N–H and O–H groups in total. The van der Waals surface area contributed by atoms with Crippen LogP contribution >= 0.6 is 0 Å². The summed E-state index contributed by atoms with van der Waals surface area (Å²) < 4.78 is 0. The summed E-state index contributed by atoms with van der Waals surface area (Å²) in [5.74, 6) is -0.661. The van der Waals surface area contributed by atoms with Gasteiger partial charge in [-0.3, -0.25) is 19.7 Å². The number of rotatable bonds is 6. The smallest absolute Gasteiger partial charge is 0.270 e. The van der Waals surface area contributed by atoms with Gasteiger partial charge in [0, 0.05) is 23.6 Å². The molecule has 5 heteroatoms. The van der Waals surface area contributed by atoms with E-state index in [4.69, 9.17) is 0 Å². The molecule has 0 aliphatic rings. The first kappa shape index (κ1) is 14.0. The van der Waals surface area contributed by atoms with Crippen molar-refractivity contribution in [2.75, 3.05) is 0 Å². The summed E-state index contributed by atoms with van der Waals surface area (Å²) in [7, 11) is 0. The number of carbonyl (C=O) groups is 2. The molecule has 1 aromatic rings. The molecule has 96 valence electrons. The predicted molar refractivity (Wildman–Crippen MR) is 66.5 cm³/mol. The molecular weight excluding hydrogens is 234 g/mol. The van der Waals surface area contributed by atoms with Gasteiger partial charge in [0.25, 0.3) is 5.69 Å². The second-order valence-electron chi connectivity index (χ2n) is 4.18. The number of nitro groups is 1. The minimum Gasteiger partial charge on any atom is -0.299 e. The van der Waals surface area contributed by atoms with Crippen molar-refractivity contribution in [2.45, 2.75) is 26.7 Å². The lowest BCUT2D eigenvalue weighted by molar-refractivity contribution is -0.384. The Kier molecular flexibility index (Phi) is 4.71. The highest BCUT2D eigenvalue weighted by Gasteiger charge is 2.18. The first-order valence-electron chi connectivity index (χ1n) is 5.76. The number of carbonyl (C=O) groups excluding carboxylic acids is 2. The van der Waals surface area contributed by atoms with E-state index in [1.165, 1.54) is 24.3 Å². The Morgan fingerprint density at radius 1 is 1.39 bits per heavy atom. The number of nitrogens with zero attached hydrogens (tertiary/aromatic N) is 1. The van der Waals surface area contributed by atoms with Crippen LogP contribution in [0, 0.1) is 16.0 Å². The summed E-state index contributed by atoms with van der Waals surface area (Å²) in [5, 5.41) is 10.6. The summed E-state index contributed by atoms with van der Waals surface area (Å²) in [6.07, 6.45) is 0.483. The molecule has 0 amide bonds. The van der Waals surface area contributed by atoms with E-state index in [-0.39, 0.29) is 35.2 Å². The van der Waals surface area contributed by atoms with Crippen molar-refractivity contribution in [3.05, 3.63) is 39.9 Å². The van der Waals surface area contributed by atoms with Crippen molar-refractivity contribution in [3.8, 4) is 0 Å². The van der Waals surface area contributed by atoms with Gasteiger partial charge in [0.05, 0.1) is 11.3 Å². The van der Waals surface area contributed by atoms with Crippen LogP contribution in [0.1, 0.15) is 37.0 Å². The SMILES string of the molecule is CCC(C)C(=O)CC(=O)c1cccc([N+](=O)[O-])c1. The van der Waals surface area contributed by atoms with Crippen molar-refractivity contribution in [1.29, 1.82) is 0 Å². The predicted octanol–water partition coefficient (Wildman–Crippen LogP) is 2.78. The zero-order valence-corrected chi connectivity index (χ0v) is 10.4. The van der Waals surface area contributed by atoms with Gasteiger partial charge in [-0.25, -0.2) is 0 Å². The minimum absolute atomic E-state index is 0.131. The molecule has 0 radical (unpaired) electrons. The molecule has 0 spiro atoms. The van der Waals surface area contributed by atoms with E-state index in [9.17, 15) is 19.7 Å². The van der Waals surface area contributed by atoms with E-state index in [0.29, 0.717) is 6.42 Å². The van der Waals surface area contributed by atoms with E-state index < -0.39 is 4.92 Å². The fourth-order valence-corrected chi connectivity index (χ4v) is 1.46. The number of non-ortho nitro benzene ring substituents is 1. The number of ketones is 2. The number of benzene rings is 1. The van der Waals surface area contributed by atoms with Gasteiger partial charge >= 0.3 is 0 Å². The summed E-state index contributed by atoms with van der Waals surface area (Å²) in [6.45, 7) is 3.64. The molecule has 5 nitrogen and oxygen atoms in total. The van der Waals surface area contributed by atoms with E-state index in [2.05, 4.69) is 0 Å². The first-order chi connectivity index (χ1) is 8.45. The van der Waals surface area contributed by atoms with Gasteiger partial charge < -0.3 is 0 Å². The molecule has 0 aliphatic heterocycles. The van der Waals surface area contributed by atoms with Gasteiger partial charge in [-0.05, 0) is 6.42 Å². The van der Waals surface area contributed by atoms with E-state index in [1.54, 1.807) is 6.92 Å². The Bertz CT molecular complexity index is 482. The molecule has 1 unspecified atom stereocenters. The summed E-state index contributed by atoms with van der Waals surface area (Å²) in [6, 6.07) is 5.44. The molecule has 0 saturated carbocycles. The van der Waals surface area contributed by atoms with E-state index >= 15 is 0 Å². The molecule has 0 bridgehead atoms. The second-order valence-corrected chi connectivity index (χ2v) is 4.18. The van der Waals surface area contributed by atoms with Crippen molar-refractivity contribution < 1.29 is 14.5 Å². The van der Waals surface area contributed by atoms with Crippen LogP contribution in [0.3, 0.4) is 0 Å². The van der Waals surface area contributed by atoms with Crippen molar-refractivity contribution in [2.24, 2.45) is 5.92 Å². The maximum Gasteiger partial charge on any atom is 0.270 e. The Morgan fingerprint density at radius 2 is 2.06 bits per heavy atom. The van der Waals surface area contributed by atoms with Crippen molar-refractivity contribution >= 4 is 17.3 Å². The Balaban J connectivity index is 2.82. The van der Waals surface area contributed by atoms with Crippen LogP contribution in [0.25, 0.3) is 0 Å². The van der Waals surface area contributed by atoms with Gasteiger partial charge in [-0.2, -0.15) is 0 Å². The molecule has 0 saturated heterocycles. The molecular formula is C13H15NO4. The maximum atomic E-state index is 11.8. The van der Waals surface area contributed by atoms with Crippen molar-refractivity contribution in [3.63, 3.8) is 0 Å². The highest BCUT2D eigenvalue weighted by Crippen LogP contribution is 2.16. The van der Waals surface area contributed by atoms with E-state index in [1.807, 2.05) is 6.92 Å². The highest BCUT2D eigenvalue weighted by molar-refractivity contribution is 6.08. The van der Waals surface area contributed by atoms with Gasteiger partial charge in [0.1, 0.15) is 5.78 Å². The summed E-state index contributed by atoms with van der Waals surface area (Å²) in [4.78, 5) is 33.4. The number of hydrogen-bond acceptors (Lipinski definition) is 4. The Hall–Kier alpha value is -2.04. The molecule has 0 fully saturated rings. The monoisotopic (exact) mass is 249 g/mol. The van der Waals surface area contributed by atoms with Crippen LogP contribution in [-0.2, 0) is 4.79 Å². The maximum absolute atomic E-state index is 11.8. The van der Waals surface area contributed by atoms with Crippen LogP contribution in [0.2, 0.25) is 0 Å². The van der Waals surface area contributed by atoms with Gasteiger partial charge in [-0.15, -0.1) is 0 Å². The lowest BCUT2D eigenvalue weighted by atomic mass is 9.96. The molecule has 1 rings (SSSR count). The molecule has 0 aliphatic carbocycles. The third-order valence-electron chi connectivity index (χ3n) is 2.88. The Labute approximate surface area is 105 Å². The molecule has 1 aromatic carbocycles. The quantitative estimate of drug-likeness (QED) is 0.336. The van der Waals surface area contributed by atoms with Gasteiger partial charge in [0.15, 0.2) is 5.78 Å². The fourth-order valence-electron chi connectivity index (χ4n) is 1.46. The average molecular weight is 249 g/mol. The van der Waals surface area contributed by atoms with E-state index in [0.717, 1.165) is 0 Å². The third kappa shape index (κ3) is 3.48. The van der Waals surface area contributed by atoms with Crippen molar-refractivity contribution in [1.82, 2.24) is 0 Å². The second kappa shape index (κ2) is 6.05. The highest BCUT2D eigenvalue weighted by atomic mass is 16.6. The normalized spacial score (nSPS) is 11.9. The van der Waals surface area contributed by atoms with Gasteiger partial charge in [-0.1, -0.05) is 26.0 Å². The standard InChI is InChI=1S/C13H15NO4/c1-3-9(2)12(15)8-13(16)10-5-4-6-11(7-10)14(17)18/h4-7,9H,3,8H2,1-2H3. The fraction of sp³-hybridized carbons (Fsp3) is 0.385. The summed E-state index contributed by atoms with van der Waals surface area (Å²) >= 11 is 0. The topological polar surface area (TPSA) is 77.3 Å². The lowest BCUT2D eigenvalue weighted by Crippen LogP contribution is -2.15. The summed E-state index contributed by atoms with van der Waals surface area (Å²) in [5.41, 5.74) is 0.0673. The van der Waals surface area contributed by atoms with Crippen LogP contribution in [-0.4, -0.2) is 16.5 Å². The largest absolute Gasteiger partial charge is 0.299 e. The molecule has 0 heterocycles. The first-order valence-corrected chi connectivity index (χ1v) is 5.76. The molecule has 1 atom stereocenters. The third-order valence-corrected chi connectivity index (χ3v) is 2.88. The number of nitro benzene ring substituents is 1. The average Bonchev–Trinajstić information content (AvgIpc) is 2.37. The zero-order valence-electron chi connectivity index (χ0n) is 10.4. The Morgan fingerprint density at radius 3 is 2.61 bits per heavy atom.